The van der Waals surface area contributed by atoms with Crippen molar-refractivity contribution in [1.29, 1.82) is 0 Å². The van der Waals surface area contributed by atoms with Crippen molar-refractivity contribution in [2.24, 2.45) is 28.7 Å². The zero-order valence-corrected chi connectivity index (χ0v) is 14.7. The predicted octanol–water partition coefficient (Wildman–Crippen LogP) is 6.22. The van der Waals surface area contributed by atoms with Crippen LogP contribution < -0.4 is 0 Å². The molecule has 4 heteroatoms. The maximum atomic E-state index is 15.1. The first-order valence-electron chi connectivity index (χ1n) is 9.28. The van der Waals surface area contributed by atoms with E-state index in [4.69, 9.17) is 11.6 Å². The van der Waals surface area contributed by atoms with Gasteiger partial charge < -0.3 is 0 Å². The van der Waals surface area contributed by atoms with Gasteiger partial charge in [0.15, 0.2) is 5.67 Å². The highest BCUT2D eigenvalue weighted by molar-refractivity contribution is 6.68. The Labute approximate surface area is 143 Å². The third-order valence-electron chi connectivity index (χ3n) is 6.61. The molecule has 0 aromatic rings. The van der Waals surface area contributed by atoms with Crippen LogP contribution in [-0.2, 0) is 0 Å². The summed E-state index contributed by atoms with van der Waals surface area (Å²) in [5, 5.41) is 0.0622. The van der Waals surface area contributed by atoms with E-state index < -0.39 is 12.0 Å². The van der Waals surface area contributed by atoms with E-state index in [9.17, 15) is 4.39 Å². The van der Waals surface area contributed by atoms with Crippen molar-refractivity contribution in [1.82, 2.24) is 0 Å². The molecule has 0 N–H and O–H groups in total. The molecule has 1 heterocycles. The Morgan fingerprint density at radius 3 is 2.17 bits per heavy atom. The van der Waals surface area contributed by atoms with E-state index in [1.165, 1.54) is 44.3 Å². The van der Waals surface area contributed by atoms with Crippen LogP contribution in [0.1, 0.15) is 64.7 Å². The number of hydrogen-bond acceptors (Lipinski definition) is 1. The van der Waals surface area contributed by atoms with Crippen LogP contribution in [0.3, 0.4) is 0 Å². The molecule has 2 aliphatic carbocycles. The Hall–Kier alpha value is -0.440. The summed E-state index contributed by atoms with van der Waals surface area (Å²) >= 11 is 5.68. The molecular weight excluding hydrogens is 316 g/mol. The van der Waals surface area contributed by atoms with Gasteiger partial charge in [-0.2, -0.15) is 0 Å². The van der Waals surface area contributed by atoms with E-state index in [0.717, 1.165) is 37.5 Å². The smallest absolute Gasteiger partial charge is 0.228 e. The van der Waals surface area contributed by atoms with Crippen molar-refractivity contribution in [2.75, 3.05) is 0 Å². The summed E-state index contributed by atoms with van der Waals surface area (Å²) in [6, 6.07) is 0. The van der Waals surface area contributed by atoms with Crippen molar-refractivity contribution in [3.05, 3.63) is 12.2 Å². The van der Waals surface area contributed by atoms with Gasteiger partial charge in [-0.05, 0) is 68.4 Å². The number of allylic oxidation sites excluding steroid dienone is 1. The first kappa shape index (κ1) is 17.4. The number of nitrogens with zero attached hydrogens (tertiary/aromatic N) is 1. The van der Waals surface area contributed by atoms with Crippen LogP contribution in [0.2, 0.25) is 0 Å². The van der Waals surface area contributed by atoms with Gasteiger partial charge in [0.1, 0.15) is 5.17 Å². The highest BCUT2D eigenvalue weighted by Crippen LogP contribution is 2.47. The Bertz CT molecular complexity index is 462. The molecule has 2 fully saturated rings. The van der Waals surface area contributed by atoms with Gasteiger partial charge >= 0.3 is 0 Å². The number of dihydropyridines is 1. The van der Waals surface area contributed by atoms with Gasteiger partial charge in [-0.15, -0.1) is 0 Å². The second kappa shape index (κ2) is 7.21. The number of rotatable bonds is 3. The minimum atomic E-state index is -1.96. The minimum Gasteiger partial charge on any atom is -0.234 e. The molecule has 0 radical (unpaired) electrons. The van der Waals surface area contributed by atoms with Crippen LogP contribution in [0.5, 0.6) is 0 Å². The zero-order chi connectivity index (χ0) is 16.4. The van der Waals surface area contributed by atoms with Crippen molar-refractivity contribution in [3.63, 3.8) is 0 Å². The Morgan fingerprint density at radius 1 is 1.09 bits per heavy atom. The quantitative estimate of drug-likeness (QED) is 0.539. The molecular formula is C19H28ClF2N. The minimum absolute atomic E-state index is 0.0622. The molecule has 0 amide bonds. The summed E-state index contributed by atoms with van der Waals surface area (Å²) in [4.78, 5) is 3.59. The average Bonchev–Trinajstić information content (AvgIpc) is 2.59. The first-order valence-corrected chi connectivity index (χ1v) is 9.66. The molecule has 0 aromatic carbocycles. The lowest BCUT2D eigenvalue weighted by Gasteiger charge is -2.41. The van der Waals surface area contributed by atoms with Gasteiger partial charge in [0.05, 0.1) is 0 Å². The second-order valence-electron chi connectivity index (χ2n) is 7.75. The molecule has 0 aromatic heterocycles. The molecule has 130 valence electrons. The van der Waals surface area contributed by atoms with Gasteiger partial charge in [0.2, 0.25) is 6.30 Å². The Kier molecular flexibility index (Phi) is 5.45. The molecule has 1 nitrogen and oxygen atoms in total. The third-order valence-corrected chi connectivity index (χ3v) is 6.83. The molecule has 2 saturated carbocycles. The lowest BCUT2D eigenvalue weighted by Crippen LogP contribution is -2.44. The molecule has 2 atom stereocenters. The van der Waals surface area contributed by atoms with Crippen LogP contribution in [-0.4, -0.2) is 17.1 Å². The maximum Gasteiger partial charge on any atom is 0.228 e. The monoisotopic (exact) mass is 343 g/mol. The SMILES string of the molecule is CCC1CCC(C2CCC(C3(F)C=CC(Cl)=NC3F)CC2)CC1. The van der Waals surface area contributed by atoms with E-state index in [-0.39, 0.29) is 11.1 Å². The molecule has 0 saturated heterocycles. The third kappa shape index (κ3) is 3.65. The fourth-order valence-corrected chi connectivity index (χ4v) is 5.11. The van der Waals surface area contributed by atoms with Crippen LogP contribution in [0.25, 0.3) is 0 Å². The molecule has 2 unspecified atom stereocenters. The summed E-state index contributed by atoms with van der Waals surface area (Å²) in [5.74, 6) is 2.18. The summed E-state index contributed by atoms with van der Waals surface area (Å²) in [7, 11) is 0. The van der Waals surface area contributed by atoms with E-state index in [1.807, 2.05) is 0 Å². The van der Waals surface area contributed by atoms with Crippen LogP contribution >= 0.6 is 11.6 Å². The van der Waals surface area contributed by atoms with Gasteiger partial charge in [-0.3, -0.25) is 0 Å². The fraction of sp³-hybridized carbons (Fsp3) is 0.842. The zero-order valence-electron chi connectivity index (χ0n) is 14.0. The van der Waals surface area contributed by atoms with Gasteiger partial charge in [-0.25, -0.2) is 13.8 Å². The summed E-state index contributed by atoms with van der Waals surface area (Å²) in [6.45, 7) is 2.29. The second-order valence-corrected chi connectivity index (χ2v) is 8.14. The summed E-state index contributed by atoms with van der Waals surface area (Å²) < 4.78 is 29.2. The van der Waals surface area contributed by atoms with Gasteiger partial charge in [0.25, 0.3) is 0 Å². The van der Waals surface area contributed by atoms with Crippen LogP contribution in [0.4, 0.5) is 8.78 Å². The number of alkyl halides is 2. The van der Waals surface area contributed by atoms with Crippen molar-refractivity contribution in [3.8, 4) is 0 Å². The topological polar surface area (TPSA) is 12.4 Å². The molecule has 3 aliphatic rings. The first-order chi connectivity index (χ1) is 11.0. The van der Waals surface area contributed by atoms with E-state index >= 15 is 4.39 Å². The number of aliphatic imine (C=N–C) groups is 1. The lowest BCUT2D eigenvalue weighted by molar-refractivity contribution is 0.00813. The van der Waals surface area contributed by atoms with Crippen molar-refractivity contribution in [2.45, 2.75) is 76.7 Å². The molecule has 1 aliphatic heterocycles. The predicted molar refractivity (Wildman–Crippen MR) is 92.4 cm³/mol. The summed E-state index contributed by atoms with van der Waals surface area (Å²) in [6.07, 6.45) is 11.2. The van der Waals surface area contributed by atoms with Gasteiger partial charge in [0, 0.05) is 5.92 Å². The number of hydrogen-bond donors (Lipinski definition) is 0. The standard InChI is InChI=1S/C19H28ClF2N/c1-2-13-3-5-14(6-4-13)15-7-9-16(10-8-15)19(22)12-11-17(20)23-18(19)21/h11-16,18H,2-10H2,1H3. The van der Waals surface area contributed by atoms with E-state index in [1.54, 1.807) is 0 Å². The van der Waals surface area contributed by atoms with Crippen LogP contribution in [0, 0.1) is 23.7 Å². The molecule has 0 bridgehead atoms. The van der Waals surface area contributed by atoms with Crippen molar-refractivity contribution >= 4 is 16.8 Å². The molecule has 23 heavy (non-hydrogen) atoms. The van der Waals surface area contributed by atoms with E-state index in [2.05, 4.69) is 11.9 Å². The molecule has 3 rings (SSSR count). The highest BCUT2D eigenvalue weighted by atomic mass is 35.5. The highest BCUT2D eigenvalue weighted by Gasteiger charge is 2.48. The number of halogens is 3. The van der Waals surface area contributed by atoms with Gasteiger partial charge in [-0.1, -0.05) is 37.8 Å². The summed E-state index contributed by atoms with van der Waals surface area (Å²) in [5.41, 5.74) is -1.96. The van der Waals surface area contributed by atoms with E-state index in [0.29, 0.717) is 5.92 Å². The lowest BCUT2D eigenvalue weighted by atomic mass is 9.66. The Morgan fingerprint density at radius 2 is 1.65 bits per heavy atom. The largest absolute Gasteiger partial charge is 0.234 e. The van der Waals surface area contributed by atoms with Crippen LogP contribution in [0.15, 0.2) is 17.1 Å². The van der Waals surface area contributed by atoms with Crippen molar-refractivity contribution < 1.29 is 8.78 Å². The normalized spacial score (nSPS) is 44.9. The average molecular weight is 344 g/mol. The fourth-order valence-electron chi connectivity index (χ4n) is 4.96. The Balaban J connectivity index is 1.54. The molecule has 0 spiro atoms. The maximum absolute atomic E-state index is 15.1.